The number of nitrogens with zero attached hydrogens (tertiary/aromatic N) is 3. The largest absolute Gasteiger partial charge is 0.486 e. The van der Waals surface area contributed by atoms with Crippen molar-refractivity contribution < 1.29 is 32.5 Å². The number of carbonyl (C=O) groups excluding carboxylic acids is 1. The first-order chi connectivity index (χ1) is 16.0. The molecule has 2 heterocycles. The number of anilines is 2. The highest BCUT2D eigenvalue weighted by Gasteiger charge is 2.51. The molecule has 0 aliphatic carbocycles. The van der Waals surface area contributed by atoms with E-state index in [1.54, 1.807) is 36.9 Å². The molecule has 178 valence electrons. The molecule has 0 unspecified atom stereocenters. The summed E-state index contributed by atoms with van der Waals surface area (Å²) < 4.78 is 52.0. The van der Waals surface area contributed by atoms with Crippen LogP contribution in [0.5, 0.6) is 11.5 Å². The highest BCUT2D eigenvalue weighted by molar-refractivity contribution is 7.81. The first-order valence-electron chi connectivity index (χ1n) is 10.3. The van der Waals surface area contributed by atoms with E-state index in [1.165, 1.54) is 12.1 Å². The lowest BCUT2D eigenvalue weighted by Gasteiger charge is -2.31. The summed E-state index contributed by atoms with van der Waals surface area (Å²) in [7, 11) is 0. The molecular weight excluding hydrogens is 471 g/mol. The van der Waals surface area contributed by atoms with E-state index in [4.69, 9.17) is 32.1 Å². The van der Waals surface area contributed by atoms with Gasteiger partial charge in [-0.15, -0.1) is 0 Å². The molecule has 2 aliphatic heterocycles. The van der Waals surface area contributed by atoms with Gasteiger partial charge in [0.2, 0.25) is 0 Å². The second kappa shape index (κ2) is 8.45. The van der Waals surface area contributed by atoms with Crippen LogP contribution in [-0.2, 0) is 11.0 Å². The second-order valence-electron chi connectivity index (χ2n) is 8.35. The lowest BCUT2D eigenvalue weighted by molar-refractivity contribution is -0.137. The number of hydrogen-bond donors (Lipinski definition) is 1. The number of carbonyl (C=O) groups is 1. The quantitative estimate of drug-likeness (QED) is 0.647. The van der Waals surface area contributed by atoms with E-state index >= 15 is 0 Å². The van der Waals surface area contributed by atoms with Crippen molar-refractivity contribution in [1.82, 2.24) is 0 Å². The summed E-state index contributed by atoms with van der Waals surface area (Å²) in [6, 6.07) is 9.55. The Kier molecular flexibility index (Phi) is 5.91. The lowest BCUT2D eigenvalue weighted by atomic mass is 10.0. The molecule has 1 atom stereocenters. The van der Waals surface area contributed by atoms with Crippen molar-refractivity contribution in [2.45, 2.75) is 38.1 Å². The van der Waals surface area contributed by atoms with E-state index in [9.17, 15) is 18.0 Å². The molecule has 1 fully saturated rings. The van der Waals surface area contributed by atoms with E-state index in [0.717, 1.165) is 17.0 Å². The van der Waals surface area contributed by atoms with Crippen molar-refractivity contribution in [3.8, 4) is 17.6 Å². The van der Waals surface area contributed by atoms with E-state index in [-0.39, 0.29) is 30.1 Å². The summed E-state index contributed by atoms with van der Waals surface area (Å²) in [5.41, 5.74) is -2.49. The number of benzene rings is 2. The van der Waals surface area contributed by atoms with Crippen LogP contribution in [0.4, 0.5) is 24.5 Å². The molecule has 11 heteroatoms. The average Bonchev–Trinajstić information content (AvgIpc) is 2.96. The Hall–Kier alpha value is -3.36. The maximum atomic E-state index is 13.5. The van der Waals surface area contributed by atoms with E-state index in [1.807, 2.05) is 0 Å². The summed E-state index contributed by atoms with van der Waals surface area (Å²) >= 11 is 5.54. The molecular formula is C23H20F3N3O4S. The topological polar surface area (TPSA) is 86.0 Å². The molecule has 0 saturated carbocycles. The minimum atomic E-state index is -4.77. The van der Waals surface area contributed by atoms with Gasteiger partial charge in [0.15, 0.2) is 16.6 Å². The number of aliphatic hydroxyl groups excluding tert-OH is 1. The van der Waals surface area contributed by atoms with Crippen LogP contribution in [-0.4, -0.2) is 41.0 Å². The third-order valence-electron chi connectivity index (χ3n) is 5.71. The third kappa shape index (κ3) is 3.93. The maximum absolute atomic E-state index is 13.5. The molecule has 1 amide bonds. The number of ether oxygens (including phenoxy) is 2. The number of halogens is 3. The number of nitriles is 1. The SMILES string of the molecule is CC1(C)C(=O)N(c2ccc(C#N)c(C(F)(F)F)c2)C(=S)N1c1ccc2c(c1)OC[C@H](CCO)O2. The number of hydrogen-bond acceptors (Lipinski definition) is 6. The molecule has 2 aromatic rings. The average molecular weight is 491 g/mol. The van der Waals surface area contributed by atoms with Gasteiger partial charge in [-0.2, -0.15) is 18.4 Å². The van der Waals surface area contributed by atoms with Crippen LogP contribution in [0.1, 0.15) is 31.4 Å². The summed E-state index contributed by atoms with van der Waals surface area (Å²) in [5.74, 6) is 0.378. The first-order valence-corrected chi connectivity index (χ1v) is 10.7. The van der Waals surface area contributed by atoms with Crippen LogP contribution in [0.15, 0.2) is 36.4 Å². The van der Waals surface area contributed by atoms with Crippen molar-refractivity contribution in [2.24, 2.45) is 0 Å². The highest BCUT2D eigenvalue weighted by Crippen LogP contribution is 2.42. The number of amides is 1. The maximum Gasteiger partial charge on any atom is 0.417 e. The molecule has 4 rings (SSSR count). The second-order valence-corrected chi connectivity index (χ2v) is 8.72. The third-order valence-corrected chi connectivity index (χ3v) is 6.08. The van der Waals surface area contributed by atoms with Gasteiger partial charge >= 0.3 is 6.18 Å². The van der Waals surface area contributed by atoms with Gasteiger partial charge < -0.3 is 19.5 Å². The van der Waals surface area contributed by atoms with Gasteiger partial charge in [-0.05, 0) is 56.4 Å². The standard InChI is InChI=1S/C23H20F3N3O4S/c1-22(2)20(31)28(14-4-3-13(11-27)17(9-14)23(24,25)26)21(34)29(22)15-5-6-18-19(10-15)32-12-16(33-18)7-8-30/h3-6,9-10,16,30H,7-8,12H2,1-2H3/t16-/m0/s1. The number of rotatable bonds is 4. The predicted octanol–water partition coefficient (Wildman–Crippen LogP) is 4.02. The van der Waals surface area contributed by atoms with Gasteiger partial charge in [0.25, 0.3) is 5.91 Å². The molecule has 2 aromatic carbocycles. The van der Waals surface area contributed by atoms with Crippen LogP contribution < -0.4 is 19.3 Å². The molecule has 0 aromatic heterocycles. The molecule has 0 spiro atoms. The fraction of sp³-hybridized carbons (Fsp3) is 0.348. The van der Waals surface area contributed by atoms with Gasteiger partial charge in [0.1, 0.15) is 18.2 Å². The lowest BCUT2D eigenvalue weighted by Crippen LogP contribution is -2.44. The van der Waals surface area contributed by atoms with Gasteiger partial charge in [0.05, 0.1) is 22.9 Å². The zero-order valence-electron chi connectivity index (χ0n) is 18.2. The fourth-order valence-electron chi connectivity index (χ4n) is 3.99. The van der Waals surface area contributed by atoms with Crippen molar-refractivity contribution in [2.75, 3.05) is 23.0 Å². The van der Waals surface area contributed by atoms with Gasteiger partial charge in [-0.3, -0.25) is 9.69 Å². The Bertz CT molecular complexity index is 1210. The predicted molar refractivity (Wildman–Crippen MR) is 121 cm³/mol. The van der Waals surface area contributed by atoms with Crippen LogP contribution >= 0.6 is 12.2 Å². The number of aliphatic hydroxyl groups is 1. The highest BCUT2D eigenvalue weighted by atomic mass is 32.1. The Morgan fingerprint density at radius 1 is 1.21 bits per heavy atom. The Balaban J connectivity index is 1.71. The van der Waals surface area contributed by atoms with E-state index < -0.39 is 28.7 Å². The monoisotopic (exact) mass is 491 g/mol. The van der Waals surface area contributed by atoms with Crippen molar-refractivity contribution >= 4 is 34.6 Å². The normalized spacial score (nSPS) is 19.4. The summed E-state index contributed by atoms with van der Waals surface area (Å²) in [6.07, 6.45) is -4.65. The Morgan fingerprint density at radius 3 is 2.56 bits per heavy atom. The van der Waals surface area contributed by atoms with E-state index in [2.05, 4.69) is 0 Å². The van der Waals surface area contributed by atoms with Crippen LogP contribution in [0.25, 0.3) is 0 Å². The Labute approximate surface area is 198 Å². The zero-order chi connectivity index (χ0) is 24.8. The van der Waals surface area contributed by atoms with Crippen molar-refractivity contribution in [3.05, 3.63) is 47.5 Å². The molecule has 1 saturated heterocycles. The van der Waals surface area contributed by atoms with Gasteiger partial charge in [-0.25, -0.2) is 0 Å². The summed E-state index contributed by atoms with van der Waals surface area (Å²) in [4.78, 5) is 15.9. The minimum Gasteiger partial charge on any atom is -0.486 e. The number of fused-ring (bicyclic) bond motifs is 1. The van der Waals surface area contributed by atoms with Gasteiger partial charge in [-0.1, -0.05) is 0 Å². The first kappa shape index (κ1) is 23.8. The summed E-state index contributed by atoms with van der Waals surface area (Å²) in [6.45, 7) is 3.43. The van der Waals surface area contributed by atoms with Crippen LogP contribution in [0, 0.1) is 11.3 Å². The number of alkyl halides is 3. The number of thiocarbonyl (C=S) groups is 1. The zero-order valence-corrected chi connectivity index (χ0v) is 19.0. The minimum absolute atomic E-state index is 0.0114. The fourth-order valence-corrected chi connectivity index (χ4v) is 4.51. The summed E-state index contributed by atoms with van der Waals surface area (Å²) in [5, 5.41) is 18.2. The molecule has 0 bridgehead atoms. The molecule has 7 nitrogen and oxygen atoms in total. The van der Waals surface area contributed by atoms with Crippen LogP contribution in [0.3, 0.4) is 0 Å². The van der Waals surface area contributed by atoms with Crippen LogP contribution in [0.2, 0.25) is 0 Å². The van der Waals surface area contributed by atoms with Crippen molar-refractivity contribution in [1.29, 1.82) is 5.26 Å². The molecule has 1 N–H and O–H groups in total. The Morgan fingerprint density at radius 2 is 1.91 bits per heavy atom. The van der Waals surface area contributed by atoms with E-state index in [0.29, 0.717) is 23.6 Å². The molecule has 0 radical (unpaired) electrons. The van der Waals surface area contributed by atoms with Gasteiger partial charge in [0, 0.05) is 24.8 Å². The van der Waals surface area contributed by atoms with Crippen molar-refractivity contribution in [3.63, 3.8) is 0 Å². The molecule has 2 aliphatic rings. The smallest absolute Gasteiger partial charge is 0.417 e. The molecule has 34 heavy (non-hydrogen) atoms.